The van der Waals surface area contributed by atoms with E-state index in [0.717, 1.165) is 16.2 Å². The first-order chi connectivity index (χ1) is 19.1. The number of urea groups is 1. The van der Waals surface area contributed by atoms with Gasteiger partial charge >= 0.3 is 6.03 Å². The minimum absolute atomic E-state index is 0.0747. The monoisotopic (exact) mass is 542 g/mol. The van der Waals surface area contributed by atoms with E-state index in [4.69, 9.17) is 14.2 Å². The Morgan fingerprint density at radius 2 is 1.57 bits per heavy atom. The van der Waals surface area contributed by atoms with Crippen molar-refractivity contribution in [1.29, 1.82) is 0 Å². The summed E-state index contributed by atoms with van der Waals surface area (Å²) in [6.45, 7) is 11.2. The van der Waals surface area contributed by atoms with Crippen molar-refractivity contribution < 1.29 is 28.6 Å². The lowest BCUT2D eigenvalue weighted by Gasteiger charge is -2.26. The number of amides is 4. The third-order valence-electron chi connectivity index (χ3n) is 6.27. The molecule has 0 saturated carbocycles. The van der Waals surface area contributed by atoms with Gasteiger partial charge in [-0.2, -0.15) is 0 Å². The van der Waals surface area contributed by atoms with Gasteiger partial charge in [-0.3, -0.25) is 14.9 Å². The molecule has 40 heavy (non-hydrogen) atoms. The van der Waals surface area contributed by atoms with Crippen LogP contribution < -0.4 is 24.4 Å². The average Bonchev–Trinajstić information content (AvgIpc) is 2.90. The van der Waals surface area contributed by atoms with Gasteiger partial charge in [-0.25, -0.2) is 9.69 Å². The smallest absolute Gasteiger partial charge is 0.335 e. The second-order valence-electron chi connectivity index (χ2n) is 10.4. The van der Waals surface area contributed by atoms with Crippen LogP contribution in [0.15, 0.2) is 72.3 Å². The summed E-state index contributed by atoms with van der Waals surface area (Å²) in [5.74, 6) is 0.265. The molecule has 4 amide bonds. The molecule has 1 saturated heterocycles. The van der Waals surface area contributed by atoms with Gasteiger partial charge in [0.2, 0.25) is 0 Å². The summed E-state index contributed by atoms with van der Waals surface area (Å²) >= 11 is 0. The molecule has 0 atom stereocenters. The largest absolute Gasteiger partial charge is 0.490 e. The average molecular weight is 543 g/mol. The summed E-state index contributed by atoms with van der Waals surface area (Å²) in [7, 11) is 0. The lowest BCUT2D eigenvalue weighted by atomic mass is 9.87. The van der Waals surface area contributed by atoms with Crippen LogP contribution in [0.2, 0.25) is 0 Å². The third-order valence-corrected chi connectivity index (χ3v) is 6.27. The molecule has 8 nitrogen and oxygen atoms in total. The molecule has 1 heterocycles. The predicted octanol–water partition coefficient (Wildman–Crippen LogP) is 5.82. The molecule has 3 aromatic rings. The number of carbonyl (C=O) groups excluding carboxylic acids is 3. The first kappa shape index (κ1) is 28.4. The molecule has 1 aliphatic rings. The molecule has 8 heteroatoms. The molecule has 0 bridgehead atoms. The molecule has 208 valence electrons. The van der Waals surface area contributed by atoms with Crippen molar-refractivity contribution in [3.8, 4) is 17.2 Å². The van der Waals surface area contributed by atoms with Crippen LogP contribution in [-0.2, 0) is 15.0 Å². The standard InChI is InChI=1S/C32H34N2O6/c1-6-38-28-20-22(10-15-27(28)40-17-16-39-25-13-11-23(12-14-25)32(3,4)5)19-26-29(35)33-31(37)34(30(26)36)24-9-7-8-21(2)18-24/h7-15,18-20H,6,16-17H2,1-5H3,(H,33,35,37). The van der Waals surface area contributed by atoms with E-state index in [9.17, 15) is 14.4 Å². The highest BCUT2D eigenvalue weighted by Crippen LogP contribution is 2.31. The van der Waals surface area contributed by atoms with Crippen LogP contribution in [0.3, 0.4) is 0 Å². The maximum Gasteiger partial charge on any atom is 0.335 e. The summed E-state index contributed by atoms with van der Waals surface area (Å²) in [5.41, 5.74) is 2.94. The number of benzene rings is 3. The van der Waals surface area contributed by atoms with Crippen LogP contribution in [0.25, 0.3) is 6.08 Å². The van der Waals surface area contributed by atoms with Crippen LogP contribution in [0.4, 0.5) is 10.5 Å². The Morgan fingerprint density at radius 1 is 0.850 bits per heavy atom. The van der Waals surface area contributed by atoms with E-state index in [1.54, 1.807) is 36.4 Å². The zero-order chi connectivity index (χ0) is 28.9. The normalized spacial score (nSPS) is 14.8. The zero-order valence-electron chi connectivity index (χ0n) is 23.4. The maximum atomic E-state index is 13.2. The number of hydrogen-bond donors (Lipinski definition) is 1. The lowest BCUT2D eigenvalue weighted by Crippen LogP contribution is -2.54. The fraction of sp³-hybridized carbons (Fsp3) is 0.281. The van der Waals surface area contributed by atoms with Gasteiger partial charge in [0.15, 0.2) is 11.5 Å². The highest BCUT2D eigenvalue weighted by atomic mass is 16.5. The minimum atomic E-state index is -0.788. The molecule has 0 aromatic heterocycles. The van der Waals surface area contributed by atoms with Crippen molar-refractivity contribution in [2.24, 2.45) is 0 Å². The second kappa shape index (κ2) is 12.1. The Morgan fingerprint density at radius 3 is 2.25 bits per heavy atom. The van der Waals surface area contributed by atoms with Gasteiger partial charge in [0, 0.05) is 0 Å². The number of nitrogens with one attached hydrogen (secondary N) is 1. The number of barbiturate groups is 1. The molecule has 3 aromatic carbocycles. The summed E-state index contributed by atoms with van der Waals surface area (Å²) < 4.78 is 17.5. The molecular weight excluding hydrogens is 508 g/mol. The fourth-order valence-electron chi connectivity index (χ4n) is 4.19. The SMILES string of the molecule is CCOc1cc(C=C2C(=O)NC(=O)N(c3cccc(C)c3)C2=O)ccc1OCCOc1ccc(C(C)(C)C)cc1. The molecule has 0 unspecified atom stereocenters. The van der Waals surface area contributed by atoms with Gasteiger partial charge < -0.3 is 14.2 Å². The quantitative estimate of drug-likeness (QED) is 0.208. The fourth-order valence-corrected chi connectivity index (χ4v) is 4.19. The van der Waals surface area contributed by atoms with E-state index in [-0.39, 0.29) is 17.6 Å². The van der Waals surface area contributed by atoms with Gasteiger partial charge in [-0.15, -0.1) is 0 Å². The van der Waals surface area contributed by atoms with E-state index >= 15 is 0 Å². The number of hydrogen-bond acceptors (Lipinski definition) is 6. The van der Waals surface area contributed by atoms with Gasteiger partial charge in [0.05, 0.1) is 12.3 Å². The summed E-state index contributed by atoms with van der Waals surface area (Å²) in [4.78, 5) is 39.2. The topological polar surface area (TPSA) is 94.2 Å². The molecule has 0 aliphatic carbocycles. The molecular formula is C32H34N2O6. The van der Waals surface area contributed by atoms with E-state index in [1.807, 2.05) is 32.0 Å². The molecule has 0 radical (unpaired) electrons. The van der Waals surface area contributed by atoms with Crippen molar-refractivity contribution in [2.75, 3.05) is 24.7 Å². The van der Waals surface area contributed by atoms with Crippen LogP contribution in [0.1, 0.15) is 44.4 Å². The van der Waals surface area contributed by atoms with Crippen LogP contribution in [-0.4, -0.2) is 37.7 Å². The van der Waals surface area contributed by atoms with E-state index in [0.29, 0.717) is 36.0 Å². The Balaban J connectivity index is 1.46. The highest BCUT2D eigenvalue weighted by molar-refractivity contribution is 6.39. The number of imide groups is 2. The van der Waals surface area contributed by atoms with Crippen molar-refractivity contribution in [2.45, 2.75) is 40.0 Å². The lowest BCUT2D eigenvalue weighted by molar-refractivity contribution is -0.122. The Labute approximate surface area is 234 Å². The van der Waals surface area contributed by atoms with Crippen LogP contribution >= 0.6 is 0 Å². The minimum Gasteiger partial charge on any atom is -0.490 e. The third kappa shape index (κ3) is 6.69. The molecule has 1 aliphatic heterocycles. The number of anilines is 1. The van der Waals surface area contributed by atoms with Crippen molar-refractivity contribution in [3.05, 3.63) is 89.0 Å². The number of ether oxygens (including phenoxy) is 3. The highest BCUT2D eigenvalue weighted by Gasteiger charge is 2.36. The van der Waals surface area contributed by atoms with Gasteiger partial charge in [0.25, 0.3) is 11.8 Å². The molecule has 1 N–H and O–H groups in total. The van der Waals surface area contributed by atoms with E-state index < -0.39 is 17.8 Å². The maximum absolute atomic E-state index is 13.2. The van der Waals surface area contributed by atoms with Gasteiger partial charge in [-0.1, -0.05) is 51.1 Å². The number of aryl methyl sites for hydroxylation is 1. The predicted molar refractivity (Wildman–Crippen MR) is 154 cm³/mol. The van der Waals surface area contributed by atoms with Crippen molar-refractivity contribution in [1.82, 2.24) is 5.32 Å². The summed E-state index contributed by atoms with van der Waals surface area (Å²) in [6, 6.07) is 19.3. The van der Waals surface area contributed by atoms with Crippen LogP contribution in [0.5, 0.6) is 17.2 Å². The molecule has 0 spiro atoms. The first-order valence-corrected chi connectivity index (χ1v) is 13.2. The Hall–Kier alpha value is -4.59. The Kier molecular flexibility index (Phi) is 8.58. The second-order valence-corrected chi connectivity index (χ2v) is 10.4. The van der Waals surface area contributed by atoms with Crippen molar-refractivity contribution >= 4 is 29.6 Å². The number of carbonyl (C=O) groups is 3. The Bertz CT molecular complexity index is 1440. The van der Waals surface area contributed by atoms with Gasteiger partial charge in [-0.05, 0) is 78.4 Å². The summed E-state index contributed by atoms with van der Waals surface area (Å²) in [5, 5.41) is 2.25. The summed E-state index contributed by atoms with van der Waals surface area (Å²) in [6.07, 6.45) is 1.43. The molecule has 4 rings (SSSR count). The number of rotatable bonds is 9. The van der Waals surface area contributed by atoms with E-state index in [2.05, 4.69) is 38.2 Å². The van der Waals surface area contributed by atoms with E-state index in [1.165, 1.54) is 11.6 Å². The first-order valence-electron chi connectivity index (χ1n) is 13.2. The number of nitrogens with zero attached hydrogens (tertiary/aromatic N) is 1. The molecule has 1 fully saturated rings. The van der Waals surface area contributed by atoms with Crippen LogP contribution in [0, 0.1) is 6.92 Å². The zero-order valence-corrected chi connectivity index (χ0v) is 23.4. The van der Waals surface area contributed by atoms with Crippen molar-refractivity contribution in [3.63, 3.8) is 0 Å². The van der Waals surface area contributed by atoms with Gasteiger partial charge in [0.1, 0.15) is 24.5 Å².